The number of para-hydroxylation sites is 2. The van der Waals surface area contributed by atoms with Gasteiger partial charge in [0, 0.05) is 37.8 Å². The Bertz CT molecular complexity index is 1490. The number of nitrogens with one attached hydrogen (secondary N) is 1. The zero-order valence-corrected chi connectivity index (χ0v) is 20.2. The third-order valence-electron chi connectivity index (χ3n) is 7.87. The van der Waals surface area contributed by atoms with E-state index in [4.69, 9.17) is 4.74 Å². The highest BCUT2D eigenvalue weighted by Crippen LogP contribution is 2.45. The van der Waals surface area contributed by atoms with Crippen molar-refractivity contribution in [2.75, 3.05) is 27.2 Å². The molecule has 2 heterocycles. The van der Waals surface area contributed by atoms with Gasteiger partial charge in [-0.05, 0) is 53.8 Å². The topological polar surface area (TPSA) is 68.5 Å². The van der Waals surface area contributed by atoms with E-state index in [1.54, 1.807) is 18.7 Å². The van der Waals surface area contributed by atoms with Gasteiger partial charge in [-0.1, -0.05) is 36.4 Å². The maximum Gasteiger partial charge on any atom is 0.329 e. The minimum atomic E-state index is -0.171. The number of carbonyl (C=O) groups excluding carboxylic acids is 1. The Labute approximate surface area is 203 Å². The Morgan fingerprint density at radius 1 is 1.03 bits per heavy atom. The lowest BCUT2D eigenvalue weighted by molar-refractivity contribution is -0.121. The molecule has 0 bridgehead atoms. The largest absolute Gasteiger partial charge is 0.496 e. The molecule has 0 spiro atoms. The first kappa shape index (κ1) is 21.9. The number of nitrogens with zero attached hydrogens (tertiary/aromatic N) is 3. The summed E-state index contributed by atoms with van der Waals surface area (Å²) in [6, 6.07) is 19.1. The van der Waals surface area contributed by atoms with Gasteiger partial charge in [-0.3, -0.25) is 18.8 Å². The maximum absolute atomic E-state index is 13.4. The molecule has 180 valence electrons. The highest BCUT2D eigenvalue weighted by atomic mass is 16.5. The fourth-order valence-electron chi connectivity index (χ4n) is 6.18. The number of benzene rings is 3. The van der Waals surface area contributed by atoms with Crippen molar-refractivity contribution in [2.24, 2.45) is 0 Å². The highest BCUT2D eigenvalue weighted by Gasteiger charge is 2.34. The van der Waals surface area contributed by atoms with Crippen LogP contribution in [0.15, 0.2) is 59.4 Å². The monoisotopic (exact) mass is 470 g/mol. The lowest BCUT2D eigenvalue weighted by atomic mass is 9.99. The second kappa shape index (κ2) is 8.57. The average molecular weight is 471 g/mol. The van der Waals surface area contributed by atoms with Gasteiger partial charge in [0.2, 0.25) is 5.91 Å². The number of imidazole rings is 1. The number of hydrogen-bond acceptors (Lipinski definition) is 4. The molecule has 1 N–H and O–H groups in total. The number of fused-ring (bicyclic) bond motifs is 1. The van der Waals surface area contributed by atoms with Gasteiger partial charge >= 0.3 is 5.69 Å². The molecule has 7 heteroatoms. The van der Waals surface area contributed by atoms with E-state index in [1.807, 2.05) is 28.8 Å². The summed E-state index contributed by atoms with van der Waals surface area (Å²) in [7, 11) is 3.34. The molecule has 7 nitrogen and oxygen atoms in total. The molecule has 1 aliphatic carbocycles. The number of aromatic nitrogens is 2. The zero-order chi connectivity index (χ0) is 24.1. The van der Waals surface area contributed by atoms with Crippen molar-refractivity contribution >= 4 is 27.7 Å². The van der Waals surface area contributed by atoms with E-state index in [1.165, 1.54) is 21.9 Å². The van der Waals surface area contributed by atoms with E-state index in [9.17, 15) is 9.59 Å². The van der Waals surface area contributed by atoms with Crippen molar-refractivity contribution in [1.29, 1.82) is 0 Å². The summed E-state index contributed by atoms with van der Waals surface area (Å²) >= 11 is 0. The molecule has 1 fully saturated rings. The van der Waals surface area contributed by atoms with Gasteiger partial charge in [0.15, 0.2) is 0 Å². The van der Waals surface area contributed by atoms with E-state index in [2.05, 4.69) is 40.5 Å². The second-order valence-corrected chi connectivity index (χ2v) is 9.58. The summed E-state index contributed by atoms with van der Waals surface area (Å²) in [6.07, 6.45) is 2.75. The van der Waals surface area contributed by atoms with Crippen LogP contribution in [0.5, 0.6) is 5.75 Å². The second-order valence-electron chi connectivity index (χ2n) is 9.58. The third kappa shape index (κ3) is 3.45. The van der Waals surface area contributed by atoms with E-state index < -0.39 is 0 Å². The van der Waals surface area contributed by atoms with Gasteiger partial charge < -0.3 is 10.1 Å². The smallest absolute Gasteiger partial charge is 0.329 e. The number of piperidine rings is 1. The molecule has 1 amide bonds. The van der Waals surface area contributed by atoms with Crippen LogP contribution in [0.4, 0.5) is 0 Å². The molecule has 1 aliphatic heterocycles. The number of likely N-dealkylation sites (tertiary alicyclic amines) is 1. The summed E-state index contributed by atoms with van der Waals surface area (Å²) in [5.41, 5.74) is 4.31. The number of likely N-dealkylation sites (N-methyl/N-ethyl adjacent to an activating group) is 1. The Balaban J connectivity index is 1.28. The van der Waals surface area contributed by atoms with Crippen LogP contribution in [0, 0.1) is 0 Å². The average Bonchev–Trinajstić information content (AvgIpc) is 3.41. The first-order valence-electron chi connectivity index (χ1n) is 12.3. The lowest BCUT2D eigenvalue weighted by Crippen LogP contribution is -2.40. The third-order valence-corrected chi connectivity index (χ3v) is 7.87. The van der Waals surface area contributed by atoms with Gasteiger partial charge in [-0.2, -0.15) is 0 Å². The van der Waals surface area contributed by atoms with E-state index in [0.29, 0.717) is 6.04 Å². The number of amides is 1. The number of methoxy groups -OCH3 is 1. The normalized spacial score (nSPS) is 18.4. The van der Waals surface area contributed by atoms with Crippen molar-refractivity contribution in [3.05, 3.63) is 76.2 Å². The van der Waals surface area contributed by atoms with Crippen LogP contribution in [0.1, 0.15) is 36.1 Å². The standard InChI is InChI=1S/C28H30N4O3/c1-29-26(33)17-31-22-8-3-4-9-23(22)32(28(31)34)19-12-14-30(15-13-19)24-16-21-25(35-2)11-10-18-6-5-7-20(24)27(18)21/h3-11,19,24H,12-17H2,1-2H3,(H,29,33). The van der Waals surface area contributed by atoms with E-state index in [-0.39, 0.29) is 24.2 Å². The minimum absolute atomic E-state index is 0.0356. The summed E-state index contributed by atoms with van der Waals surface area (Å²) in [5, 5.41) is 5.24. The van der Waals surface area contributed by atoms with Crippen molar-refractivity contribution in [2.45, 2.75) is 37.9 Å². The molecule has 6 rings (SSSR count). The molecule has 1 aromatic heterocycles. The molecule has 1 saturated heterocycles. The van der Waals surface area contributed by atoms with Crippen LogP contribution in [-0.4, -0.2) is 47.2 Å². The van der Waals surface area contributed by atoms with Gasteiger partial charge in [-0.15, -0.1) is 0 Å². The summed E-state index contributed by atoms with van der Waals surface area (Å²) < 4.78 is 9.21. The van der Waals surface area contributed by atoms with Crippen LogP contribution >= 0.6 is 0 Å². The van der Waals surface area contributed by atoms with Crippen LogP contribution < -0.4 is 15.7 Å². The zero-order valence-electron chi connectivity index (χ0n) is 20.2. The highest BCUT2D eigenvalue weighted by molar-refractivity contribution is 5.93. The fourth-order valence-corrected chi connectivity index (χ4v) is 6.18. The van der Waals surface area contributed by atoms with Crippen molar-refractivity contribution in [1.82, 2.24) is 19.4 Å². The molecule has 2 aliphatic rings. The van der Waals surface area contributed by atoms with E-state index in [0.717, 1.165) is 49.1 Å². The lowest BCUT2D eigenvalue weighted by Gasteiger charge is -2.36. The molecule has 0 radical (unpaired) electrons. The van der Waals surface area contributed by atoms with Crippen LogP contribution in [0.2, 0.25) is 0 Å². The number of ether oxygens (including phenoxy) is 1. The Morgan fingerprint density at radius 3 is 2.54 bits per heavy atom. The van der Waals surface area contributed by atoms with Crippen molar-refractivity contribution in [3.8, 4) is 5.75 Å². The predicted molar refractivity (Wildman–Crippen MR) is 137 cm³/mol. The maximum atomic E-state index is 13.4. The molecule has 1 atom stereocenters. The fraction of sp³-hybridized carbons (Fsp3) is 0.357. The molecule has 0 saturated carbocycles. The van der Waals surface area contributed by atoms with Crippen LogP contribution in [0.3, 0.4) is 0 Å². The first-order valence-corrected chi connectivity index (χ1v) is 12.3. The quantitative estimate of drug-likeness (QED) is 0.484. The molecule has 35 heavy (non-hydrogen) atoms. The van der Waals surface area contributed by atoms with Crippen LogP contribution in [-0.2, 0) is 17.8 Å². The summed E-state index contributed by atoms with van der Waals surface area (Å²) in [5.74, 6) is 0.799. The van der Waals surface area contributed by atoms with Crippen molar-refractivity contribution < 1.29 is 9.53 Å². The summed E-state index contributed by atoms with van der Waals surface area (Å²) in [6.45, 7) is 1.88. The number of hydrogen-bond donors (Lipinski definition) is 1. The predicted octanol–water partition coefficient (Wildman–Crippen LogP) is 3.65. The van der Waals surface area contributed by atoms with E-state index >= 15 is 0 Å². The molecule has 4 aromatic rings. The van der Waals surface area contributed by atoms with Gasteiger partial charge in [0.25, 0.3) is 0 Å². The Hall–Kier alpha value is -3.58. The number of rotatable bonds is 5. The number of carbonyl (C=O) groups is 1. The van der Waals surface area contributed by atoms with Crippen molar-refractivity contribution in [3.63, 3.8) is 0 Å². The van der Waals surface area contributed by atoms with Gasteiger partial charge in [0.05, 0.1) is 18.1 Å². The molecule has 1 unspecified atom stereocenters. The first-order chi connectivity index (χ1) is 17.1. The Kier molecular flexibility index (Phi) is 5.37. The van der Waals surface area contributed by atoms with Gasteiger partial charge in [-0.25, -0.2) is 4.79 Å². The molecular weight excluding hydrogens is 440 g/mol. The molecular formula is C28H30N4O3. The molecule has 3 aromatic carbocycles. The summed E-state index contributed by atoms with van der Waals surface area (Å²) in [4.78, 5) is 28.1. The Morgan fingerprint density at radius 2 is 1.80 bits per heavy atom. The minimum Gasteiger partial charge on any atom is -0.496 e. The SMILES string of the molecule is CNC(=O)Cn1c(=O)n(C2CCN(C3Cc4c(OC)ccc5cccc3c45)CC2)c2ccccc21. The van der Waals surface area contributed by atoms with Crippen LogP contribution in [0.25, 0.3) is 21.8 Å². The van der Waals surface area contributed by atoms with Gasteiger partial charge in [0.1, 0.15) is 12.3 Å².